The topological polar surface area (TPSA) is 49.7 Å². The number of aliphatic hydroxyl groups is 2. The van der Waals surface area contributed by atoms with Crippen LogP contribution in [0.2, 0.25) is 38.3 Å². The third-order valence-electron chi connectivity index (χ3n) is 5.93. The molecule has 3 nitrogen and oxygen atoms in total. The predicted molar refractivity (Wildman–Crippen MR) is 134 cm³/mol. The summed E-state index contributed by atoms with van der Waals surface area (Å²) in [7, 11) is -3.01. The zero-order chi connectivity index (χ0) is 21.8. The van der Waals surface area contributed by atoms with Crippen molar-refractivity contribution < 1.29 is 14.3 Å². The van der Waals surface area contributed by atoms with Gasteiger partial charge in [0.05, 0.1) is 0 Å². The molecule has 29 heavy (non-hydrogen) atoms. The molecule has 0 amide bonds. The Bertz CT molecular complexity index is 317. The molecule has 0 aromatic heterocycles. The first-order chi connectivity index (χ1) is 13.8. The van der Waals surface area contributed by atoms with Crippen LogP contribution in [0.15, 0.2) is 0 Å². The van der Waals surface area contributed by atoms with Crippen LogP contribution in [-0.2, 0) is 4.12 Å². The van der Waals surface area contributed by atoms with E-state index < -0.39 is 16.6 Å². The number of aliphatic hydroxyl groups excluding tert-OH is 2. The second-order valence-corrected chi connectivity index (χ2v) is 19.1. The lowest BCUT2D eigenvalue weighted by atomic mass is 10.1. The van der Waals surface area contributed by atoms with E-state index in [1.807, 2.05) is 0 Å². The van der Waals surface area contributed by atoms with Crippen molar-refractivity contribution in [2.75, 3.05) is 13.2 Å². The molecule has 0 spiro atoms. The second kappa shape index (κ2) is 19.0. The third kappa shape index (κ3) is 21.3. The van der Waals surface area contributed by atoms with E-state index in [2.05, 4.69) is 26.2 Å². The van der Waals surface area contributed by atoms with Crippen LogP contribution in [0.3, 0.4) is 0 Å². The molecule has 0 aliphatic rings. The molecular weight excluding hydrogens is 392 g/mol. The smallest absolute Gasteiger partial charge is 0.173 e. The fraction of sp³-hybridized carbons (Fsp3) is 1.00. The minimum absolute atomic E-state index is 0.353. The molecule has 0 bridgehead atoms. The number of hydrogen-bond acceptors (Lipinski definition) is 3. The summed E-state index contributed by atoms with van der Waals surface area (Å²) in [5, 5.41) is 17.6. The van der Waals surface area contributed by atoms with Gasteiger partial charge < -0.3 is 14.3 Å². The van der Waals surface area contributed by atoms with Gasteiger partial charge in [0.25, 0.3) is 0 Å². The van der Waals surface area contributed by atoms with Crippen molar-refractivity contribution in [1.29, 1.82) is 0 Å². The molecule has 0 fully saturated rings. The van der Waals surface area contributed by atoms with Gasteiger partial charge in [-0.25, -0.2) is 0 Å². The fourth-order valence-electron chi connectivity index (χ4n) is 4.30. The minimum Gasteiger partial charge on any atom is -0.455 e. The maximum absolute atomic E-state index is 8.80. The highest BCUT2D eigenvalue weighted by molar-refractivity contribution is 6.84. The first-order valence-corrected chi connectivity index (χ1v) is 19.0. The van der Waals surface area contributed by atoms with Crippen molar-refractivity contribution in [2.24, 2.45) is 0 Å². The van der Waals surface area contributed by atoms with Gasteiger partial charge in [-0.05, 0) is 51.1 Å². The van der Waals surface area contributed by atoms with Gasteiger partial charge in [-0.15, -0.1) is 0 Å². The summed E-state index contributed by atoms with van der Waals surface area (Å²) in [4.78, 5) is 0. The first kappa shape index (κ1) is 29.3. The fourth-order valence-corrected chi connectivity index (χ4v) is 13.3. The van der Waals surface area contributed by atoms with E-state index in [4.69, 9.17) is 14.3 Å². The molecule has 0 aliphatic carbocycles. The summed E-state index contributed by atoms with van der Waals surface area (Å²) in [6, 6.07) is 2.64. The highest BCUT2D eigenvalue weighted by Gasteiger charge is 2.32. The standard InChI is InChI=1S/C24H54O3Si2/c1-28(2,23-19-15-11-7-5-9-13-17-21-25)27-29(3,4)24-20-16-12-8-6-10-14-18-22-26/h25-26H,5-24H2,1-4H3. The summed E-state index contributed by atoms with van der Waals surface area (Å²) < 4.78 is 6.80. The van der Waals surface area contributed by atoms with Gasteiger partial charge in [-0.2, -0.15) is 0 Å². The molecule has 0 rings (SSSR count). The van der Waals surface area contributed by atoms with Crippen molar-refractivity contribution in [3.63, 3.8) is 0 Å². The van der Waals surface area contributed by atoms with Crippen LogP contribution in [0.1, 0.15) is 103 Å². The Morgan fingerprint density at radius 1 is 0.414 bits per heavy atom. The molecule has 0 aromatic carbocycles. The Hall–Kier alpha value is 0.314. The van der Waals surface area contributed by atoms with Crippen molar-refractivity contribution >= 4 is 16.6 Å². The Balaban J connectivity index is 3.69. The van der Waals surface area contributed by atoms with Crippen molar-refractivity contribution in [3.05, 3.63) is 0 Å². The molecule has 5 heteroatoms. The molecular formula is C24H54O3Si2. The zero-order valence-electron chi connectivity index (χ0n) is 20.4. The Morgan fingerprint density at radius 2 is 0.655 bits per heavy atom. The quantitative estimate of drug-likeness (QED) is 0.133. The maximum atomic E-state index is 8.80. The normalized spacial score (nSPS) is 12.6. The van der Waals surface area contributed by atoms with Gasteiger partial charge in [0.2, 0.25) is 0 Å². The van der Waals surface area contributed by atoms with Gasteiger partial charge in [-0.1, -0.05) is 89.9 Å². The van der Waals surface area contributed by atoms with Crippen molar-refractivity contribution in [3.8, 4) is 0 Å². The zero-order valence-corrected chi connectivity index (χ0v) is 22.4. The Labute approximate surface area is 185 Å². The first-order valence-electron chi connectivity index (χ1n) is 12.7. The van der Waals surface area contributed by atoms with E-state index in [0.29, 0.717) is 13.2 Å². The van der Waals surface area contributed by atoms with E-state index in [-0.39, 0.29) is 0 Å². The maximum Gasteiger partial charge on any atom is 0.173 e. The summed E-state index contributed by atoms with van der Waals surface area (Å²) in [5.74, 6) is 0. The number of hydrogen-bond donors (Lipinski definition) is 2. The van der Waals surface area contributed by atoms with Gasteiger partial charge >= 0.3 is 0 Å². The minimum atomic E-state index is -1.51. The largest absolute Gasteiger partial charge is 0.455 e. The summed E-state index contributed by atoms with van der Waals surface area (Å²) >= 11 is 0. The number of rotatable bonds is 22. The predicted octanol–water partition coefficient (Wildman–Crippen LogP) is 7.64. The Kier molecular flexibility index (Phi) is 19.2. The highest BCUT2D eigenvalue weighted by atomic mass is 28.4. The van der Waals surface area contributed by atoms with E-state index in [1.54, 1.807) is 0 Å². The van der Waals surface area contributed by atoms with Gasteiger partial charge in [0, 0.05) is 13.2 Å². The molecule has 0 heterocycles. The highest BCUT2D eigenvalue weighted by Crippen LogP contribution is 2.26. The van der Waals surface area contributed by atoms with E-state index in [0.717, 1.165) is 12.8 Å². The molecule has 0 radical (unpaired) electrons. The SMILES string of the molecule is C[Si](C)(CCCCCCCCCCO)O[Si](C)(C)CCCCCCCCCCO. The van der Waals surface area contributed by atoms with Crippen LogP contribution in [0, 0.1) is 0 Å². The van der Waals surface area contributed by atoms with Crippen LogP contribution in [0.25, 0.3) is 0 Å². The average molecular weight is 447 g/mol. The number of unbranched alkanes of at least 4 members (excludes halogenated alkanes) is 14. The van der Waals surface area contributed by atoms with Gasteiger partial charge in [-0.3, -0.25) is 0 Å². The van der Waals surface area contributed by atoms with E-state index in [1.165, 1.54) is 102 Å². The summed E-state index contributed by atoms with van der Waals surface area (Å²) in [6.07, 6.45) is 20.4. The molecule has 0 unspecified atom stereocenters. The van der Waals surface area contributed by atoms with E-state index in [9.17, 15) is 0 Å². The molecule has 0 aliphatic heterocycles. The van der Waals surface area contributed by atoms with E-state index >= 15 is 0 Å². The van der Waals surface area contributed by atoms with Crippen molar-refractivity contribution in [1.82, 2.24) is 0 Å². The Morgan fingerprint density at radius 3 is 0.931 bits per heavy atom. The monoisotopic (exact) mass is 446 g/mol. The lowest BCUT2D eigenvalue weighted by molar-refractivity contribution is 0.282. The lowest BCUT2D eigenvalue weighted by Crippen LogP contribution is -2.44. The molecule has 176 valence electrons. The van der Waals surface area contributed by atoms with Gasteiger partial charge in [0.15, 0.2) is 16.6 Å². The molecule has 0 saturated heterocycles. The molecule has 2 N–H and O–H groups in total. The molecule has 0 aromatic rings. The lowest BCUT2D eigenvalue weighted by Gasteiger charge is -2.34. The van der Waals surface area contributed by atoms with Crippen LogP contribution in [0.4, 0.5) is 0 Å². The van der Waals surface area contributed by atoms with Crippen LogP contribution < -0.4 is 0 Å². The molecule has 0 atom stereocenters. The third-order valence-corrected chi connectivity index (χ3v) is 13.5. The van der Waals surface area contributed by atoms with Crippen molar-refractivity contribution in [2.45, 2.75) is 141 Å². The average Bonchev–Trinajstić information content (AvgIpc) is 2.64. The molecule has 0 saturated carbocycles. The van der Waals surface area contributed by atoms with Crippen LogP contribution in [-0.4, -0.2) is 40.1 Å². The summed E-state index contributed by atoms with van der Waals surface area (Å²) in [6.45, 7) is 10.4. The summed E-state index contributed by atoms with van der Waals surface area (Å²) in [5.41, 5.74) is 0. The van der Waals surface area contributed by atoms with Crippen LogP contribution >= 0.6 is 0 Å². The van der Waals surface area contributed by atoms with Gasteiger partial charge in [0.1, 0.15) is 0 Å². The second-order valence-electron chi connectivity index (χ2n) is 10.2. The van der Waals surface area contributed by atoms with Crippen LogP contribution in [0.5, 0.6) is 0 Å².